The summed E-state index contributed by atoms with van der Waals surface area (Å²) in [6.07, 6.45) is 1.44. The van der Waals surface area contributed by atoms with Crippen molar-refractivity contribution in [3.05, 3.63) is 17.5 Å². The van der Waals surface area contributed by atoms with E-state index in [9.17, 15) is 5.11 Å². The van der Waals surface area contributed by atoms with Crippen LogP contribution in [-0.2, 0) is 13.0 Å². The van der Waals surface area contributed by atoms with Gasteiger partial charge in [-0.05, 0) is 32.9 Å². The van der Waals surface area contributed by atoms with Gasteiger partial charge in [-0.2, -0.15) is 5.10 Å². The summed E-state index contributed by atoms with van der Waals surface area (Å²) < 4.78 is 1.96. The number of aliphatic hydroxyl groups is 1. The lowest BCUT2D eigenvalue weighted by molar-refractivity contribution is 0.169. The van der Waals surface area contributed by atoms with Crippen LogP contribution in [0.4, 0.5) is 0 Å². The van der Waals surface area contributed by atoms with Crippen LogP contribution in [0.5, 0.6) is 0 Å². The number of nitrogens with zero attached hydrogens (tertiary/aromatic N) is 2. The van der Waals surface area contributed by atoms with E-state index in [4.69, 9.17) is 0 Å². The monoisotopic (exact) mass is 225 g/mol. The Balaban J connectivity index is 2.45. The highest BCUT2D eigenvalue weighted by Crippen LogP contribution is 2.06. The molecule has 1 atom stereocenters. The second kappa shape index (κ2) is 6.66. The number of rotatable bonds is 7. The van der Waals surface area contributed by atoms with Crippen molar-refractivity contribution in [3.63, 3.8) is 0 Å². The predicted molar refractivity (Wildman–Crippen MR) is 65.5 cm³/mol. The minimum Gasteiger partial charge on any atom is -0.391 e. The summed E-state index contributed by atoms with van der Waals surface area (Å²) in [7, 11) is 0. The molecule has 0 saturated heterocycles. The largest absolute Gasteiger partial charge is 0.391 e. The highest BCUT2D eigenvalue weighted by molar-refractivity contribution is 5.10. The lowest BCUT2D eigenvalue weighted by Gasteiger charge is -2.12. The van der Waals surface area contributed by atoms with E-state index in [1.165, 1.54) is 0 Å². The first-order valence-corrected chi connectivity index (χ1v) is 6.09. The third kappa shape index (κ3) is 3.94. The van der Waals surface area contributed by atoms with Crippen LogP contribution in [0, 0.1) is 6.92 Å². The van der Waals surface area contributed by atoms with Crippen molar-refractivity contribution in [2.75, 3.05) is 13.1 Å². The topological polar surface area (TPSA) is 50.1 Å². The number of aliphatic hydroxyl groups excluding tert-OH is 1. The Hall–Kier alpha value is -0.870. The molecule has 0 fully saturated rings. The number of aromatic nitrogens is 2. The van der Waals surface area contributed by atoms with Crippen LogP contribution in [0.1, 0.15) is 31.7 Å². The molecule has 1 unspecified atom stereocenters. The summed E-state index contributed by atoms with van der Waals surface area (Å²) in [6, 6.07) is 2.05. The molecule has 0 amide bonds. The smallest absolute Gasteiger partial charge is 0.0719 e. The molecule has 92 valence electrons. The normalized spacial score (nSPS) is 13.0. The van der Waals surface area contributed by atoms with Gasteiger partial charge in [-0.25, -0.2) is 0 Å². The van der Waals surface area contributed by atoms with Crippen LogP contribution in [0.25, 0.3) is 0 Å². The van der Waals surface area contributed by atoms with Gasteiger partial charge in [0.2, 0.25) is 0 Å². The average molecular weight is 225 g/mol. The summed E-state index contributed by atoms with van der Waals surface area (Å²) in [6.45, 7) is 8.65. The number of aryl methyl sites for hydroxylation is 2. The summed E-state index contributed by atoms with van der Waals surface area (Å²) in [5.41, 5.74) is 2.14. The highest BCUT2D eigenvalue weighted by Gasteiger charge is 2.10. The van der Waals surface area contributed by atoms with E-state index in [2.05, 4.69) is 24.3 Å². The van der Waals surface area contributed by atoms with Gasteiger partial charge in [0, 0.05) is 25.2 Å². The van der Waals surface area contributed by atoms with E-state index >= 15 is 0 Å². The zero-order valence-corrected chi connectivity index (χ0v) is 10.5. The molecule has 4 heteroatoms. The molecule has 0 aliphatic rings. The van der Waals surface area contributed by atoms with E-state index < -0.39 is 0 Å². The second-order valence-corrected chi connectivity index (χ2v) is 4.15. The van der Waals surface area contributed by atoms with Crippen molar-refractivity contribution < 1.29 is 5.11 Å². The van der Waals surface area contributed by atoms with Crippen molar-refractivity contribution in [2.24, 2.45) is 0 Å². The molecule has 1 rings (SSSR count). The third-order valence-electron chi connectivity index (χ3n) is 2.54. The zero-order chi connectivity index (χ0) is 12.0. The number of hydrogen-bond donors (Lipinski definition) is 2. The van der Waals surface area contributed by atoms with Gasteiger partial charge in [0.25, 0.3) is 0 Å². The fourth-order valence-electron chi connectivity index (χ4n) is 1.80. The van der Waals surface area contributed by atoms with E-state index in [-0.39, 0.29) is 6.10 Å². The third-order valence-corrected chi connectivity index (χ3v) is 2.54. The van der Waals surface area contributed by atoms with Crippen LogP contribution in [0.3, 0.4) is 0 Å². The molecule has 0 bridgehead atoms. The first kappa shape index (κ1) is 13.2. The molecule has 1 aromatic rings. The van der Waals surface area contributed by atoms with Gasteiger partial charge in [0.1, 0.15) is 0 Å². The van der Waals surface area contributed by atoms with Crippen LogP contribution in [0.2, 0.25) is 0 Å². The molecular weight excluding hydrogens is 202 g/mol. The van der Waals surface area contributed by atoms with Gasteiger partial charge in [0.05, 0.1) is 11.8 Å². The number of nitrogens with one attached hydrogen (secondary N) is 1. The van der Waals surface area contributed by atoms with Crippen molar-refractivity contribution in [3.8, 4) is 0 Å². The molecule has 0 spiro atoms. The molecule has 0 saturated carbocycles. The molecule has 1 aromatic heterocycles. The SMILES string of the molecule is CCCNCC(O)Cc1cc(C)nn1CC. The maximum atomic E-state index is 9.85. The van der Waals surface area contributed by atoms with Gasteiger partial charge in [-0.3, -0.25) is 4.68 Å². The molecule has 0 aromatic carbocycles. The van der Waals surface area contributed by atoms with Crippen molar-refractivity contribution in [1.29, 1.82) is 0 Å². The molecule has 0 radical (unpaired) electrons. The van der Waals surface area contributed by atoms with Crippen LogP contribution in [-0.4, -0.2) is 34.1 Å². The van der Waals surface area contributed by atoms with Crippen molar-refractivity contribution >= 4 is 0 Å². The predicted octanol–water partition coefficient (Wildman–Crippen LogP) is 1.11. The molecule has 4 nitrogen and oxygen atoms in total. The first-order chi connectivity index (χ1) is 7.67. The van der Waals surface area contributed by atoms with Gasteiger partial charge < -0.3 is 10.4 Å². The van der Waals surface area contributed by atoms with Crippen LogP contribution in [0.15, 0.2) is 6.07 Å². The lowest BCUT2D eigenvalue weighted by Crippen LogP contribution is -2.29. The molecule has 0 aliphatic carbocycles. The maximum Gasteiger partial charge on any atom is 0.0719 e. The Morgan fingerprint density at radius 3 is 2.88 bits per heavy atom. The molecular formula is C12H23N3O. The molecule has 0 aliphatic heterocycles. The van der Waals surface area contributed by atoms with E-state index in [0.717, 1.165) is 30.9 Å². The van der Waals surface area contributed by atoms with Gasteiger partial charge in [-0.1, -0.05) is 6.92 Å². The Morgan fingerprint density at radius 1 is 1.50 bits per heavy atom. The Bertz CT molecular complexity index is 309. The molecule has 2 N–H and O–H groups in total. The first-order valence-electron chi connectivity index (χ1n) is 6.09. The van der Waals surface area contributed by atoms with Gasteiger partial charge >= 0.3 is 0 Å². The fourth-order valence-corrected chi connectivity index (χ4v) is 1.80. The fraction of sp³-hybridized carbons (Fsp3) is 0.750. The second-order valence-electron chi connectivity index (χ2n) is 4.15. The molecule has 16 heavy (non-hydrogen) atoms. The van der Waals surface area contributed by atoms with E-state index in [1.807, 2.05) is 17.7 Å². The minimum atomic E-state index is -0.326. The number of hydrogen-bond acceptors (Lipinski definition) is 3. The highest BCUT2D eigenvalue weighted by atomic mass is 16.3. The summed E-state index contributed by atoms with van der Waals surface area (Å²) in [5.74, 6) is 0. The van der Waals surface area contributed by atoms with Gasteiger partial charge in [-0.15, -0.1) is 0 Å². The standard InChI is InChI=1S/C12H23N3O/c1-4-6-13-9-12(16)8-11-7-10(3)14-15(11)5-2/h7,12-13,16H,4-6,8-9H2,1-3H3. The summed E-state index contributed by atoms with van der Waals surface area (Å²) in [5, 5.41) is 17.4. The van der Waals surface area contributed by atoms with Crippen molar-refractivity contribution in [2.45, 2.75) is 46.3 Å². The Kier molecular flexibility index (Phi) is 5.49. The van der Waals surface area contributed by atoms with Crippen LogP contribution >= 0.6 is 0 Å². The van der Waals surface area contributed by atoms with E-state index in [1.54, 1.807) is 0 Å². The zero-order valence-electron chi connectivity index (χ0n) is 10.5. The Morgan fingerprint density at radius 2 is 2.25 bits per heavy atom. The quantitative estimate of drug-likeness (QED) is 0.684. The Labute approximate surface area is 97.7 Å². The minimum absolute atomic E-state index is 0.326. The summed E-state index contributed by atoms with van der Waals surface area (Å²) >= 11 is 0. The van der Waals surface area contributed by atoms with Crippen LogP contribution < -0.4 is 5.32 Å². The van der Waals surface area contributed by atoms with E-state index in [0.29, 0.717) is 13.0 Å². The summed E-state index contributed by atoms with van der Waals surface area (Å²) in [4.78, 5) is 0. The maximum absolute atomic E-state index is 9.85. The van der Waals surface area contributed by atoms with Gasteiger partial charge in [0.15, 0.2) is 0 Å². The van der Waals surface area contributed by atoms with Crippen molar-refractivity contribution in [1.82, 2.24) is 15.1 Å². The lowest BCUT2D eigenvalue weighted by atomic mass is 10.2. The average Bonchev–Trinajstić information content (AvgIpc) is 2.59. The molecule has 1 heterocycles.